The highest BCUT2D eigenvalue weighted by Gasteiger charge is 2.30. The van der Waals surface area contributed by atoms with Gasteiger partial charge in [-0.2, -0.15) is 0 Å². The van der Waals surface area contributed by atoms with Crippen molar-refractivity contribution in [2.75, 3.05) is 55.1 Å². The van der Waals surface area contributed by atoms with Gasteiger partial charge in [-0.15, -0.1) is 0 Å². The molecule has 2 aliphatic rings. The molecule has 0 N–H and O–H groups in total. The summed E-state index contributed by atoms with van der Waals surface area (Å²) in [5.41, 5.74) is 1.93. The average molecular weight is 613 g/mol. The SMILES string of the molecule is O=C(c1ccc(S(=O)(=O)N2CCCc3ccccc32)cc1)N(CCCN1CCOCC1)c1nc2c(F)cc(F)cc2s1. The Labute approximate surface area is 247 Å². The number of hydrogen-bond donors (Lipinski definition) is 0. The molecule has 0 bridgehead atoms. The van der Waals surface area contributed by atoms with Crippen molar-refractivity contribution in [1.82, 2.24) is 9.88 Å². The van der Waals surface area contributed by atoms with Gasteiger partial charge in [0.15, 0.2) is 10.9 Å². The molecule has 0 unspecified atom stereocenters. The summed E-state index contributed by atoms with van der Waals surface area (Å²) >= 11 is 1.04. The third-order valence-electron chi connectivity index (χ3n) is 7.59. The summed E-state index contributed by atoms with van der Waals surface area (Å²) in [6, 6.07) is 15.3. The Kier molecular flexibility index (Phi) is 8.22. The molecule has 0 atom stereocenters. The van der Waals surface area contributed by atoms with Gasteiger partial charge in [0.05, 0.1) is 28.5 Å². The van der Waals surface area contributed by atoms with Crippen LogP contribution in [0.15, 0.2) is 65.6 Å². The lowest BCUT2D eigenvalue weighted by atomic mass is 10.0. The molecule has 1 amide bonds. The summed E-state index contributed by atoms with van der Waals surface area (Å²) in [6.07, 6.45) is 2.16. The van der Waals surface area contributed by atoms with Crippen LogP contribution in [-0.4, -0.2) is 70.1 Å². The number of aromatic nitrogens is 1. The number of ether oxygens (including phenoxy) is 1. The van der Waals surface area contributed by atoms with Crippen molar-refractivity contribution in [1.29, 1.82) is 0 Å². The van der Waals surface area contributed by atoms with Crippen molar-refractivity contribution in [2.45, 2.75) is 24.2 Å². The molecule has 1 saturated heterocycles. The number of para-hydroxylation sites is 1. The van der Waals surface area contributed by atoms with Gasteiger partial charge in [0.2, 0.25) is 0 Å². The van der Waals surface area contributed by atoms with Crippen LogP contribution in [0.2, 0.25) is 0 Å². The molecule has 2 aliphatic heterocycles. The number of sulfonamides is 1. The molecule has 0 radical (unpaired) electrons. The molecular formula is C30H30F2N4O4S2. The highest BCUT2D eigenvalue weighted by Crippen LogP contribution is 2.34. The first kappa shape index (κ1) is 28.7. The molecule has 3 heterocycles. The number of amides is 1. The van der Waals surface area contributed by atoms with Gasteiger partial charge in [-0.1, -0.05) is 29.5 Å². The Balaban J connectivity index is 1.26. The van der Waals surface area contributed by atoms with Crippen LogP contribution in [0.5, 0.6) is 0 Å². The zero-order valence-electron chi connectivity index (χ0n) is 22.8. The zero-order chi connectivity index (χ0) is 29.3. The molecule has 8 nitrogen and oxygen atoms in total. The summed E-state index contributed by atoms with van der Waals surface area (Å²) < 4.78 is 62.6. The predicted octanol–water partition coefficient (Wildman–Crippen LogP) is 5.09. The third-order valence-corrected chi connectivity index (χ3v) is 10.4. The number of nitrogens with zero attached hydrogens (tertiary/aromatic N) is 4. The van der Waals surface area contributed by atoms with E-state index >= 15 is 0 Å². The monoisotopic (exact) mass is 612 g/mol. The van der Waals surface area contributed by atoms with E-state index in [0.717, 1.165) is 55.4 Å². The smallest absolute Gasteiger partial charge is 0.264 e. The van der Waals surface area contributed by atoms with Crippen LogP contribution >= 0.6 is 11.3 Å². The number of morpholine rings is 1. The van der Waals surface area contributed by atoms with Crippen molar-refractivity contribution in [3.05, 3.63) is 83.4 Å². The first-order valence-electron chi connectivity index (χ1n) is 13.9. The van der Waals surface area contributed by atoms with Gasteiger partial charge in [-0.05, 0) is 61.2 Å². The van der Waals surface area contributed by atoms with E-state index in [-0.39, 0.29) is 21.1 Å². The van der Waals surface area contributed by atoms with Gasteiger partial charge < -0.3 is 4.74 Å². The Morgan fingerprint density at radius 2 is 1.79 bits per heavy atom. The molecular weight excluding hydrogens is 582 g/mol. The molecule has 0 saturated carbocycles. The lowest BCUT2D eigenvalue weighted by Crippen LogP contribution is -2.39. The van der Waals surface area contributed by atoms with E-state index in [0.29, 0.717) is 43.1 Å². The van der Waals surface area contributed by atoms with Crippen molar-refractivity contribution in [3.8, 4) is 0 Å². The lowest BCUT2D eigenvalue weighted by molar-refractivity contribution is 0.0376. The fourth-order valence-electron chi connectivity index (χ4n) is 5.42. The molecule has 1 fully saturated rings. The van der Waals surface area contributed by atoms with Crippen LogP contribution < -0.4 is 9.21 Å². The Morgan fingerprint density at radius 3 is 2.57 bits per heavy atom. The number of carbonyl (C=O) groups excluding carboxylic acids is 1. The summed E-state index contributed by atoms with van der Waals surface area (Å²) in [6.45, 7) is 4.33. The highest BCUT2D eigenvalue weighted by atomic mass is 32.2. The van der Waals surface area contributed by atoms with E-state index in [4.69, 9.17) is 4.74 Å². The van der Waals surface area contributed by atoms with Gasteiger partial charge in [0, 0.05) is 44.4 Å². The third kappa shape index (κ3) is 5.76. The highest BCUT2D eigenvalue weighted by molar-refractivity contribution is 7.92. The Bertz CT molecular complexity index is 1710. The molecule has 220 valence electrons. The minimum atomic E-state index is -3.84. The molecule has 42 heavy (non-hydrogen) atoms. The number of rotatable bonds is 8. The van der Waals surface area contributed by atoms with E-state index in [9.17, 15) is 22.0 Å². The number of fused-ring (bicyclic) bond motifs is 2. The van der Waals surface area contributed by atoms with E-state index in [1.807, 2.05) is 24.3 Å². The summed E-state index contributed by atoms with van der Waals surface area (Å²) in [5, 5.41) is 0.253. The van der Waals surface area contributed by atoms with Crippen LogP contribution in [0.1, 0.15) is 28.8 Å². The van der Waals surface area contributed by atoms with E-state index < -0.39 is 27.6 Å². The number of thiazole rings is 1. The lowest BCUT2D eigenvalue weighted by Gasteiger charge is -2.30. The number of benzene rings is 3. The summed E-state index contributed by atoms with van der Waals surface area (Å²) in [7, 11) is -3.84. The van der Waals surface area contributed by atoms with Crippen LogP contribution in [0, 0.1) is 11.6 Å². The number of halogens is 2. The van der Waals surface area contributed by atoms with Crippen molar-refractivity contribution in [2.24, 2.45) is 0 Å². The standard InChI is InChI=1S/C30H30F2N4O4S2/c31-23-19-25(32)28-27(20-23)41-30(33-28)35(13-4-12-34-15-17-40-18-16-34)29(37)22-8-10-24(11-9-22)42(38,39)36-14-3-6-21-5-1-2-7-26(21)36/h1-2,5,7-11,19-20H,3-4,6,12-18H2. The predicted molar refractivity (Wildman–Crippen MR) is 159 cm³/mol. The van der Waals surface area contributed by atoms with Crippen molar-refractivity contribution < 1.29 is 26.7 Å². The van der Waals surface area contributed by atoms with Crippen LogP contribution in [-0.2, 0) is 21.2 Å². The molecule has 6 rings (SSSR count). The molecule has 12 heteroatoms. The molecule has 4 aromatic rings. The second-order valence-corrected chi connectivity index (χ2v) is 13.2. The first-order valence-corrected chi connectivity index (χ1v) is 16.2. The quantitative estimate of drug-likeness (QED) is 0.276. The molecule has 3 aromatic carbocycles. The van der Waals surface area contributed by atoms with Crippen molar-refractivity contribution in [3.63, 3.8) is 0 Å². The number of hydrogen-bond acceptors (Lipinski definition) is 7. The number of aryl methyl sites for hydroxylation is 1. The topological polar surface area (TPSA) is 83.1 Å². The van der Waals surface area contributed by atoms with Crippen LogP contribution in [0.4, 0.5) is 19.6 Å². The maximum absolute atomic E-state index is 14.5. The maximum atomic E-state index is 14.5. The Morgan fingerprint density at radius 1 is 1.02 bits per heavy atom. The van der Waals surface area contributed by atoms with Gasteiger partial charge in [0.25, 0.3) is 15.9 Å². The Hall–Kier alpha value is -3.45. The minimum Gasteiger partial charge on any atom is -0.379 e. The molecule has 0 aliphatic carbocycles. The fourth-order valence-corrected chi connectivity index (χ4v) is 7.99. The van der Waals surface area contributed by atoms with Gasteiger partial charge >= 0.3 is 0 Å². The largest absolute Gasteiger partial charge is 0.379 e. The van der Waals surface area contributed by atoms with Gasteiger partial charge in [0.1, 0.15) is 11.3 Å². The summed E-state index contributed by atoms with van der Waals surface area (Å²) in [5.74, 6) is -1.90. The fraction of sp³-hybridized carbons (Fsp3) is 0.333. The van der Waals surface area contributed by atoms with Gasteiger partial charge in [-0.3, -0.25) is 18.9 Å². The van der Waals surface area contributed by atoms with Gasteiger partial charge in [-0.25, -0.2) is 22.2 Å². The molecule has 1 aromatic heterocycles. The second-order valence-electron chi connectivity index (χ2n) is 10.3. The summed E-state index contributed by atoms with van der Waals surface area (Å²) in [4.78, 5) is 22.0. The van der Waals surface area contributed by atoms with E-state index in [1.54, 1.807) is 0 Å². The molecule has 0 spiro atoms. The van der Waals surface area contributed by atoms with Crippen LogP contribution in [0.3, 0.4) is 0 Å². The van der Waals surface area contributed by atoms with Crippen LogP contribution in [0.25, 0.3) is 10.2 Å². The average Bonchev–Trinajstić information content (AvgIpc) is 3.43. The minimum absolute atomic E-state index is 0.00522. The second kappa shape index (κ2) is 12.0. The van der Waals surface area contributed by atoms with Crippen molar-refractivity contribution >= 4 is 48.3 Å². The first-order chi connectivity index (χ1) is 20.3. The zero-order valence-corrected chi connectivity index (χ0v) is 24.5. The number of carbonyl (C=O) groups is 1. The number of anilines is 2. The maximum Gasteiger partial charge on any atom is 0.264 e. The normalized spacial score (nSPS) is 16.0. The van der Waals surface area contributed by atoms with E-state index in [2.05, 4.69) is 9.88 Å². The van der Waals surface area contributed by atoms with E-state index in [1.165, 1.54) is 39.5 Å².